The van der Waals surface area contributed by atoms with E-state index in [4.69, 9.17) is 4.74 Å². The molecule has 0 fully saturated rings. The minimum atomic E-state index is -3.91. The van der Waals surface area contributed by atoms with Gasteiger partial charge in [0.15, 0.2) is 9.84 Å². The molecule has 1 aromatic heterocycles. The molecule has 3 aromatic carbocycles. The van der Waals surface area contributed by atoms with E-state index in [2.05, 4.69) is 14.7 Å². The van der Waals surface area contributed by atoms with E-state index in [0.717, 1.165) is 6.26 Å². The molecule has 0 amide bonds. The molecule has 11 heteroatoms. The fourth-order valence-corrected chi connectivity index (χ4v) is 5.04. The van der Waals surface area contributed by atoms with Gasteiger partial charge >= 0.3 is 5.97 Å². The van der Waals surface area contributed by atoms with Gasteiger partial charge in [-0.15, -0.1) is 0 Å². The van der Waals surface area contributed by atoms with Crippen LogP contribution in [0.2, 0.25) is 0 Å². The lowest BCUT2D eigenvalue weighted by molar-refractivity contribution is 0.0378. The molecule has 0 saturated carbocycles. The van der Waals surface area contributed by atoms with Crippen molar-refractivity contribution in [3.63, 3.8) is 0 Å². The Labute approximate surface area is 203 Å². The molecule has 9 nitrogen and oxygen atoms in total. The molecule has 182 valence electrons. The fraction of sp³-hybridized carbons (Fsp3) is 0.167. The second-order valence-electron chi connectivity index (χ2n) is 8.20. The predicted octanol–water partition coefficient (Wildman–Crippen LogP) is 4.00. The number of H-pyrrole nitrogens is 1. The largest absolute Gasteiger partial charge is 0.459 e. The number of hydrogen-bond acceptors (Lipinski definition) is 7. The third-order valence-corrected chi connectivity index (χ3v) is 7.54. The summed E-state index contributed by atoms with van der Waals surface area (Å²) in [6.45, 7) is 3.49. The summed E-state index contributed by atoms with van der Waals surface area (Å²) < 4.78 is 56.8. The minimum absolute atomic E-state index is 0.0240. The second-order valence-corrected chi connectivity index (χ2v) is 11.9. The number of nitrogens with one attached hydrogen (secondary N) is 2. The molecule has 0 aliphatic rings. The molecule has 0 bridgehead atoms. The van der Waals surface area contributed by atoms with Crippen LogP contribution in [0.3, 0.4) is 0 Å². The van der Waals surface area contributed by atoms with Gasteiger partial charge in [-0.25, -0.2) is 26.6 Å². The number of rotatable bonds is 7. The van der Waals surface area contributed by atoms with Gasteiger partial charge in [-0.05, 0) is 80.6 Å². The van der Waals surface area contributed by atoms with Crippen LogP contribution in [0.1, 0.15) is 24.2 Å². The summed E-state index contributed by atoms with van der Waals surface area (Å²) in [7, 11) is -7.23. The van der Waals surface area contributed by atoms with Crippen molar-refractivity contribution in [2.45, 2.75) is 29.7 Å². The maximum Gasteiger partial charge on any atom is 0.338 e. The summed E-state index contributed by atoms with van der Waals surface area (Å²) in [6, 6.07) is 16.7. The van der Waals surface area contributed by atoms with Gasteiger partial charge in [0.25, 0.3) is 10.0 Å². The van der Waals surface area contributed by atoms with Gasteiger partial charge in [0.05, 0.1) is 32.5 Å². The topological polar surface area (TPSA) is 135 Å². The molecule has 2 N–H and O–H groups in total. The smallest absolute Gasteiger partial charge is 0.338 e. The summed E-state index contributed by atoms with van der Waals surface area (Å²) >= 11 is 0. The minimum Gasteiger partial charge on any atom is -0.459 e. The molecule has 0 unspecified atom stereocenters. The van der Waals surface area contributed by atoms with E-state index in [1.807, 2.05) is 0 Å². The molecule has 0 aliphatic heterocycles. The molecular weight excluding hydrogens is 490 g/mol. The fourth-order valence-electron chi connectivity index (χ4n) is 3.32. The van der Waals surface area contributed by atoms with Crippen molar-refractivity contribution in [3.8, 4) is 11.4 Å². The number of hydrogen-bond donors (Lipinski definition) is 2. The molecule has 0 atom stereocenters. The number of anilines is 1. The highest BCUT2D eigenvalue weighted by Gasteiger charge is 2.17. The summed E-state index contributed by atoms with van der Waals surface area (Å²) in [5.41, 5.74) is 2.33. The number of benzene rings is 3. The average molecular weight is 514 g/mol. The predicted molar refractivity (Wildman–Crippen MR) is 132 cm³/mol. The van der Waals surface area contributed by atoms with Crippen molar-refractivity contribution in [1.29, 1.82) is 0 Å². The van der Waals surface area contributed by atoms with Crippen molar-refractivity contribution in [1.82, 2.24) is 9.97 Å². The summed E-state index contributed by atoms with van der Waals surface area (Å²) in [5, 5.41) is 0. The number of aromatic nitrogens is 2. The molecular formula is C24H23N3O6S2. The lowest BCUT2D eigenvalue weighted by atomic mass is 10.2. The molecule has 4 aromatic rings. The molecule has 0 spiro atoms. The quantitative estimate of drug-likeness (QED) is 0.357. The number of ether oxygens (including phenoxy) is 1. The van der Waals surface area contributed by atoms with Gasteiger partial charge in [0, 0.05) is 17.5 Å². The van der Waals surface area contributed by atoms with Crippen LogP contribution >= 0.6 is 0 Å². The first-order chi connectivity index (χ1) is 16.4. The van der Waals surface area contributed by atoms with E-state index in [-0.39, 0.29) is 15.9 Å². The van der Waals surface area contributed by atoms with E-state index in [9.17, 15) is 21.6 Å². The van der Waals surface area contributed by atoms with E-state index < -0.39 is 25.8 Å². The molecule has 1 heterocycles. The first-order valence-electron chi connectivity index (χ1n) is 10.6. The number of fused-ring (bicyclic) bond motifs is 1. The van der Waals surface area contributed by atoms with E-state index in [1.54, 1.807) is 32.0 Å². The third kappa shape index (κ3) is 5.52. The molecule has 0 radical (unpaired) electrons. The van der Waals surface area contributed by atoms with Gasteiger partial charge in [-0.1, -0.05) is 0 Å². The first kappa shape index (κ1) is 24.4. The maximum atomic E-state index is 12.9. The Kier molecular flexibility index (Phi) is 6.39. The van der Waals surface area contributed by atoms with Crippen molar-refractivity contribution in [2.75, 3.05) is 11.0 Å². The third-order valence-electron chi connectivity index (χ3n) is 5.04. The molecule has 0 aliphatic carbocycles. The number of aromatic amines is 1. The Morgan fingerprint density at radius 2 is 1.54 bits per heavy atom. The van der Waals surface area contributed by atoms with E-state index in [0.29, 0.717) is 33.7 Å². The highest BCUT2D eigenvalue weighted by molar-refractivity contribution is 7.92. The van der Waals surface area contributed by atoms with Gasteiger partial charge in [-0.2, -0.15) is 0 Å². The standard InChI is InChI=1S/C24H23N3O6S2/c1-15(2)33-24(28)17-4-8-18(9-5-17)27-35(31,32)20-12-13-21-22(14-20)26-23(25-21)16-6-10-19(11-7-16)34(3,29)30/h4-15,27H,1-3H3,(H,25,26). The van der Waals surface area contributed by atoms with Crippen LogP contribution in [0.5, 0.6) is 0 Å². The zero-order valence-electron chi connectivity index (χ0n) is 19.1. The van der Waals surface area contributed by atoms with Crippen molar-refractivity contribution in [2.24, 2.45) is 0 Å². The van der Waals surface area contributed by atoms with Crippen molar-refractivity contribution >= 4 is 42.6 Å². The Morgan fingerprint density at radius 1 is 0.914 bits per heavy atom. The molecule has 4 rings (SSSR count). The first-order valence-corrected chi connectivity index (χ1v) is 13.9. The van der Waals surface area contributed by atoms with Gasteiger partial charge in [0.2, 0.25) is 0 Å². The van der Waals surface area contributed by atoms with E-state index in [1.165, 1.54) is 48.5 Å². The van der Waals surface area contributed by atoms with Crippen LogP contribution in [0.4, 0.5) is 5.69 Å². The number of sulfonamides is 1. The van der Waals surface area contributed by atoms with Crippen LogP contribution in [-0.2, 0) is 24.6 Å². The molecule has 0 saturated heterocycles. The van der Waals surface area contributed by atoms with Crippen LogP contribution in [-0.4, -0.2) is 45.1 Å². The number of carbonyl (C=O) groups excluding carboxylic acids is 1. The van der Waals surface area contributed by atoms with Crippen LogP contribution in [0.15, 0.2) is 76.5 Å². The van der Waals surface area contributed by atoms with Gasteiger partial charge in [-0.3, -0.25) is 4.72 Å². The van der Waals surface area contributed by atoms with E-state index >= 15 is 0 Å². The Balaban J connectivity index is 1.56. The zero-order valence-corrected chi connectivity index (χ0v) is 20.8. The SMILES string of the molecule is CC(C)OC(=O)c1ccc(NS(=O)(=O)c2ccc3nc(-c4ccc(S(C)(=O)=O)cc4)[nH]c3c2)cc1. The van der Waals surface area contributed by atoms with Gasteiger partial charge < -0.3 is 9.72 Å². The number of esters is 1. The van der Waals surface area contributed by atoms with Crippen LogP contribution in [0.25, 0.3) is 22.4 Å². The Morgan fingerprint density at radius 3 is 2.14 bits per heavy atom. The lowest BCUT2D eigenvalue weighted by Gasteiger charge is -2.10. The van der Waals surface area contributed by atoms with Gasteiger partial charge in [0.1, 0.15) is 5.82 Å². The maximum absolute atomic E-state index is 12.9. The second kappa shape index (κ2) is 9.16. The summed E-state index contributed by atoms with van der Waals surface area (Å²) in [4.78, 5) is 19.7. The summed E-state index contributed by atoms with van der Waals surface area (Å²) in [5.74, 6) is -0.00713. The zero-order chi connectivity index (χ0) is 25.4. The van der Waals surface area contributed by atoms with Crippen molar-refractivity contribution < 1.29 is 26.4 Å². The Bertz CT molecular complexity index is 1610. The van der Waals surface area contributed by atoms with Crippen LogP contribution in [0, 0.1) is 0 Å². The monoisotopic (exact) mass is 513 g/mol. The molecule has 35 heavy (non-hydrogen) atoms. The highest BCUT2D eigenvalue weighted by Crippen LogP contribution is 2.25. The number of carbonyl (C=O) groups is 1. The average Bonchev–Trinajstić information content (AvgIpc) is 3.22. The van der Waals surface area contributed by atoms with Crippen molar-refractivity contribution in [3.05, 3.63) is 72.3 Å². The number of sulfone groups is 1. The lowest BCUT2D eigenvalue weighted by Crippen LogP contribution is -2.14. The highest BCUT2D eigenvalue weighted by atomic mass is 32.2. The Hall–Kier alpha value is -3.70. The normalized spacial score (nSPS) is 12.1. The van der Waals surface area contributed by atoms with Crippen LogP contribution < -0.4 is 4.72 Å². The number of nitrogens with zero attached hydrogens (tertiary/aromatic N) is 1. The number of imidazole rings is 1. The summed E-state index contributed by atoms with van der Waals surface area (Å²) in [6.07, 6.45) is 0.874.